The molecular weight excluding hydrogens is 459 g/mol. The number of nitrogens with one attached hydrogen (secondary N) is 1. The molecule has 0 fully saturated rings. The third kappa shape index (κ3) is 4.45. The van der Waals surface area contributed by atoms with Gasteiger partial charge in [-0.25, -0.2) is 0 Å². The van der Waals surface area contributed by atoms with Gasteiger partial charge in [-0.1, -0.05) is 30.0 Å². The van der Waals surface area contributed by atoms with Crippen LogP contribution in [-0.2, 0) is 4.79 Å². The van der Waals surface area contributed by atoms with E-state index in [-0.39, 0.29) is 11.7 Å². The fraction of sp³-hybridized carbons (Fsp3) is 0.211. The summed E-state index contributed by atoms with van der Waals surface area (Å²) in [6.45, 7) is 6.04. The van der Waals surface area contributed by atoms with E-state index in [4.69, 9.17) is 0 Å². The van der Waals surface area contributed by atoms with E-state index >= 15 is 0 Å². The lowest BCUT2D eigenvalue weighted by molar-refractivity contribution is -0.113. The van der Waals surface area contributed by atoms with E-state index < -0.39 is 0 Å². The van der Waals surface area contributed by atoms with E-state index in [1.807, 2.05) is 35.8 Å². The third-order valence-corrected chi connectivity index (χ3v) is 5.44. The third-order valence-electron chi connectivity index (χ3n) is 3.84. The van der Waals surface area contributed by atoms with Crippen LogP contribution in [0.5, 0.6) is 0 Å². The Morgan fingerprint density at radius 1 is 1.15 bits per heavy atom. The van der Waals surface area contributed by atoms with Crippen LogP contribution in [0.1, 0.15) is 17.0 Å². The molecule has 0 saturated carbocycles. The Balaban J connectivity index is 1.75. The summed E-state index contributed by atoms with van der Waals surface area (Å²) in [5, 5.41) is 12.1. The van der Waals surface area contributed by atoms with Gasteiger partial charge in [-0.3, -0.25) is 9.36 Å². The molecule has 26 heavy (non-hydrogen) atoms. The van der Waals surface area contributed by atoms with Crippen molar-refractivity contribution in [2.24, 2.45) is 0 Å². The first-order valence-electron chi connectivity index (χ1n) is 8.12. The van der Waals surface area contributed by atoms with Crippen molar-refractivity contribution in [3.05, 3.63) is 63.0 Å². The maximum Gasteiger partial charge on any atom is 0.234 e. The summed E-state index contributed by atoms with van der Waals surface area (Å²) >= 11 is 3.61. The molecular formula is C19H19IN4OS. The highest BCUT2D eigenvalue weighted by molar-refractivity contribution is 14.1. The molecule has 3 aromatic rings. The summed E-state index contributed by atoms with van der Waals surface area (Å²) in [5.41, 5.74) is 4.16. The van der Waals surface area contributed by atoms with Gasteiger partial charge in [0.05, 0.1) is 11.4 Å². The second-order valence-corrected chi connectivity index (χ2v) is 8.19. The van der Waals surface area contributed by atoms with Crippen LogP contribution < -0.4 is 5.32 Å². The van der Waals surface area contributed by atoms with Gasteiger partial charge in [0.2, 0.25) is 5.91 Å². The van der Waals surface area contributed by atoms with Crippen LogP contribution in [0.2, 0.25) is 0 Å². The first kappa shape index (κ1) is 18.9. The zero-order valence-electron chi connectivity index (χ0n) is 14.8. The average molecular weight is 478 g/mol. The van der Waals surface area contributed by atoms with E-state index in [1.54, 1.807) is 0 Å². The molecule has 0 radical (unpaired) electrons. The minimum absolute atomic E-state index is 0.0647. The van der Waals surface area contributed by atoms with Crippen molar-refractivity contribution >= 4 is 45.9 Å². The SMILES string of the molecule is Cc1ccc(C)c(-n2c(C)nnc2SCC(=O)Nc2cccc(I)c2)c1. The highest BCUT2D eigenvalue weighted by Gasteiger charge is 2.15. The highest BCUT2D eigenvalue weighted by Crippen LogP contribution is 2.25. The lowest BCUT2D eigenvalue weighted by Gasteiger charge is -2.12. The van der Waals surface area contributed by atoms with Gasteiger partial charge in [0.25, 0.3) is 0 Å². The van der Waals surface area contributed by atoms with Gasteiger partial charge < -0.3 is 5.32 Å². The Morgan fingerprint density at radius 2 is 1.96 bits per heavy atom. The molecule has 1 heterocycles. The van der Waals surface area contributed by atoms with E-state index in [9.17, 15) is 4.79 Å². The van der Waals surface area contributed by atoms with Crippen LogP contribution in [0.25, 0.3) is 5.69 Å². The van der Waals surface area contributed by atoms with Crippen LogP contribution in [0.3, 0.4) is 0 Å². The predicted molar refractivity (Wildman–Crippen MR) is 114 cm³/mol. The van der Waals surface area contributed by atoms with E-state index in [2.05, 4.69) is 70.2 Å². The van der Waals surface area contributed by atoms with Gasteiger partial charge in [-0.15, -0.1) is 10.2 Å². The Hall–Kier alpha value is -1.87. The number of aryl methyl sites for hydroxylation is 3. The molecule has 0 aliphatic rings. The molecule has 0 unspecified atom stereocenters. The lowest BCUT2D eigenvalue weighted by atomic mass is 10.1. The number of anilines is 1. The number of rotatable bonds is 5. The Morgan fingerprint density at radius 3 is 2.73 bits per heavy atom. The summed E-state index contributed by atoms with van der Waals surface area (Å²) in [6, 6.07) is 14.0. The molecule has 134 valence electrons. The Bertz CT molecular complexity index is 954. The largest absolute Gasteiger partial charge is 0.325 e. The maximum absolute atomic E-state index is 12.3. The standard InChI is InChI=1S/C19H19IN4OS/c1-12-7-8-13(2)17(9-12)24-14(3)22-23-19(24)26-11-18(25)21-16-6-4-5-15(20)10-16/h4-10H,11H2,1-3H3,(H,21,25). The number of carbonyl (C=O) groups excluding carboxylic acids is 1. The van der Waals surface area contributed by atoms with Crippen LogP contribution >= 0.6 is 34.4 Å². The number of aromatic nitrogens is 3. The highest BCUT2D eigenvalue weighted by atomic mass is 127. The molecule has 1 aromatic heterocycles. The van der Waals surface area contributed by atoms with Gasteiger partial charge in [-0.2, -0.15) is 0 Å². The van der Waals surface area contributed by atoms with Crippen LogP contribution in [0.4, 0.5) is 5.69 Å². The van der Waals surface area contributed by atoms with Crippen molar-refractivity contribution < 1.29 is 4.79 Å². The van der Waals surface area contributed by atoms with Crippen molar-refractivity contribution in [3.8, 4) is 5.69 Å². The monoisotopic (exact) mass is 478 g/mol. The number of amides is 1. The number of hydrogen-bond acceptors (Lipinski definition) is 4. The minimum Gasteiger partial charge on any atom is -0.325 e. The molecule has 0 aliphatic carbocycles. The van der Waals surface area contributed by atoms with Crippen molar-refractivity contribution in [1.29, 1.82) is 0 Å². The Labute approximate surface area is 170 Å². The quantitative estimate of drug-likeness (QED) is 0.433. The normalized spacial score (nSPS) is 10.8. The second-order valence-electron chi connectivity index (χ2n) is 6.00. The van der Waals surface area contributed by atoms with Gasteiger partial charge in [0, 0.05) is 9.26 Å². The van der Waals surface area contributed by atoms with Crippen molar-refractivity contribution in [2.45, 2.75) is 25.9 Å². The van der Waals surface area contributed by atoms with Gasteiger partial charge in [-0.05, 0) is 78.8 Å². The van der Waals surface area contributed by atoms with Crippen LogP contribution in [0, 0.1) is 24.3 Å². The molecule has 1 amide bonds. The molecule has 0 atom stereocenters. The first-order chi connectivity index (χ1) is 12.4. The summed E-state index contributed by atoms with van der Waals surface area (Å²) in [7, 11) is 0. The fourth-order valence-electron chi connectivity index (χ4n) is 2.57. The molecule has 3 rings (SSSR count). The van der Waals surface area contributed by atoms with Crippen LogP contribution in [0.15, 0.2) is 47.6 Å². The molecule has 5 nitrogen and oxygen atoms in total. The molecule has 7 heteroatoms. The van der Waals surface area contributed by atoms with Gasteiger partial charge in [0.15, 0.2) is 5.16 Å². The number of carbonyl (C=O) groups is 1. The van der Waals surface area contributed by atoms with Gasteiger partial charge >= 0.3 is 0 Å². The predicted octanol–water partition coefficient (Wildman–Crippen LogP) is 4.53. The molecule has 0 saturated heterocycles. The number of benzene rings is 2. The molecule has 0 aliphatic heterocycles. The summed E-state index contributed by atoms with van der Waals surface area (Å²) in [5.74, 6) is 1.01. The smallest absolute Gasteiger partial charge is 0.234 e. The minimum atomic E-state index is -0.0647. The second kappa shape index (κ2) is 8.22. The van der Waals surface area contributed by atoms with Crippen molar-refractivity contribution in [3.63, 3.8) is 0 Å². The number of halogens is 1. The molecule has 1 N–H and O–H groups in total. The van der Waals surface area contributed by atoms with E-state index in [1.165, 1.54) is 17.3 Å². The number of hydrogen-bond donors (Lipinski definition) is 1. The summed E-state index contributed by atoms with van der Waals surface area (Å²) < 4.78 is 3.09. The average Bonchev–Trinajstić information content (AvgIpc) is 2.96. The zero-order chi connectivity index (χ0) is 18.7. The molecule has 0 spiro atoms. The van der Waals surface area contributed by atoms with Crippen molar-refractivity contribution in [1.82, 2.24) is 14.8 Å². The first-order valence-corrected chi connectivity index (χ1v) is 10.2. The Kier molecular flexibility index (Phi) is 5.98. The van der Waals surface area contributed by atoms with Crippen molar-refractivity contribution in [2.75, 3.05) is 11.1 Å². The van der Waals surface area contributed by atoms with Crippen LogP contribution in [-0.4, -0.2) is 26.4 Å². The molecule has 0 bridgehead atoms. The topological polar surface area (TPSA) is 59.8 Å². The lowest BCUT2D eigenvalue weighted by Crippen LogP contribution is -2.14. The van der Waals surface area contributed by atoms with Gasteiger partial charge in [0.1, 0.15) is 5.82 Å². The summed E-state index contributed by atoms with van der Waals surface area (Å²) in [6.07, 6.45) is 0. The molecule has 2 aromatic carbocycles. The number of thioether (sulfide) groups is 1. The maximum atomic E-state index is 12.3. The fourth-order valence-corrected chi connectivity index (χ4v) is 3.90. The van der Waals surface area contributed by atoms with E-state index in [0.717, 1.165) is 26.3 Å². The van der Waals surface area contributed by atoms with E-state index in [0.29, 0.717) is 5.16 Å². The summed E-state index contributed by atoms with van der Waals surface area (Å²) in [4.78, 5) is 12.3. The number of nitrogens with zero attached hydrogens (tertiary/aromatic N) is 3. The zero-order valence-corrected chi connectivity index (χ0v) is 17.8.